The van der Waals surface area contributed by atoms with E-state index in [1.807, 2.05) is 0 Å². The molecule has 0 radical (unpaired) electrons. The Balaban J connectivity index is 2.43. The third kappa shape index (κ3) is 4.95. The Morgan fingerprint density at radius 2 is 2.10 bits per heavy atom. The number of ether oxygens (including phenoxy) is 1. The van der Waals surface area contributed by atoms with Crippen molar-refractivity contribution < 1.29 is 23.5 Å². The lowest BCUT2D eigenvalue weighted by Crippen LogP contribution is -2.22. The largest absolute Gasteiger partial charge is 0.466 e. The van der Waals surface area contributed by atoms with Crippen molar-refractivity contribution in [3.8, 4) is 0 Å². The average Bonchev–Trinajstić information content (AvgIpc) is 2.91. The zero-order chi connectivity index (χ0) is 15.0. The van der Waals surface area contributed by atoms with Crippen LogP contribution in [0.3, 0.4) is 0 Å². The fraction of sp³-hybridized carbons (Fsp3) is 0.571. The summed E-state index contributed by atoms with van der Waals surface area (Å²) in [6.07, 6.45) is 4.35. The molecular formula is C14H19NO5. The predicted octanol–water partition coefficient (Wildman–Crippen LogP) is 2.19. The highest BCUT2D eigenvalue weighted by atomic mass is 16.5. The molecule has 0 aromatic carbocycles. The molecule has 0 saturated carbocycles. The highest BCUT2D eigenvalue weighted by Gasteiger charge is 2.26. The number of unbranched alkanes of at least 4 members (excludes halogenated alkanes) is 1. The SMILES string of the molecule is CCOC(=O)CCCCC(C(C)=O)C(=O)c1cnco1. The van der Waals surface area contributed by atoms with Crippen LogP contribution in [-0.4, -0.2) is 29.1 Å². The van der Waals surface area contributed by atoms with Gasteiger partial charge in [-0.25, -0.2) is 4.98 Å². The smallest absolute Gasteiger partial charge is 0.305 e. The Kier molecular flexibility index (Phi) is 6.63. The van der Waals surface area contributed by atoms with Crippen molar-refractivity contribution in [2.45, 2.75) is 39.5 Å². The van der Waals surface area contributed by atoms with Crippen molar-refractivity contribution >= 4 is 17.5 Å². The average molecular weight is 281 g/mol. The van der Waals surface area contributed by atoms with Gasteiger partial charge in [0.05, 0.1) is 18.7 Å². The van der Waals surface area contributed by atoms with Gasteiger partial charge in [0, 0.05) is 6.42 Å². The molecule has 1 unspecified atom stereocenters. The standard InChI is InChI=1S/C14H19NO5/c1-3-19-13(17)7-5-4-6-11(10(2)16)14(18)12-8-15-9-20-12/h8-9,11H,3-7H2,1-2H3. The van der Waals surface area contributed by atoms with Crippen LogP contribution in [0, 0.1) is 5.92 Å². The van der Waals surface area contributed by atoms with Crippen LogP contribution in [0.1, 0.15) is 50.1 Å². The van der Waals surface area contributed by atoms with E-state index in [1.54, 1.807) is 6.92 Å². The minimum atomic E-state index is -0.731. The Morgan fingerprint density at radius 3 is 2.65 bits per heavy atom. The molecule has 0 aliphatic rings. The van der Waals surface area contributed by atoms with Gasteiger partial charge in [0.15, 0.2) is 12.2 Å². The van der Waals surface area contributed by atoms with E-state index in [0.29, 0.717) is 32.3 Å². The van der Waals surface area contributed by atoms with Crippen LogP contribution >= 0.6 is 0 Å². The van der Waals surface area contributed by atoms with Crippen LogP contribution in [0.4, 0.5) is 0 Å². The van der Waals surface area contributed by atoms with E-state index in [9.17, 15) is 14.4 Å². The van der Waals surface area contributed by atoms with Gasteiger partial charge in [-0.1, -0.05) is 6.42 Å². The lowest BCUT2D eigenvalue weighted by Gasteiger charge is -2.10. The van der Waals surface area contributed by atoms with Crippen molar-refractivity contribution in [2.75, 3.05) is 6.61 Å². The summed E-state index contributed by atoms with van der Waals surface area (Å²) in [5, 5.41) is 0. The van der Waals surface area contributed by atoms with Gasteiger partial charge >= 0.3 is 5.97 Å². The Labute approximate surface area is 117 Å². The monoisotopic (exact) mass is 281 g/mol. The number of Topliss-reactive ketones (excluding diaryl/α,β-unsaturated/α-hetero) is 2. The molecule has 0 fully saturated rings. The molecule has 0 spiro atoms. The van der Waals surface area contributed by atoms with Gasteiger partial charge in [0.2, 0.25) is 5.78 Å². The predicted molar refractivity (Wildman–Crippen MR) is 70.1 cm³/mol. The first-order valence-electron chi connectivity index (χ1n) is 6.65. The van der Waals surface area contributed by atoms with Gasteiger partial charge in [-0.3, -0.25) is 14.4 Å². The summed E-state index contributed by atoms with van der Waals surface area (Å²) >= 11 is 0. The number of rotatable bonds is 9. The number of ketones is 2. The summed E-state index contributed by atoms with van der Waals surface area (Å²) in [6.45, 7) is 3.49. The number of oxazole rings is 1. The van der Waals surface area contributed by atoms with E-state index in [0.717, 1.165) is 6.39 Å². The number of hydrogen-bond donors (Lipinski definition) is 0. The van der Waals surface area contributed by atoms with E-state index >= 15 is 0 Å². The minimum absolute atomic E-state index is 0.0931. The molecule has 0 saturated heterocycles. The molecule has 1 aromatic rings. The van der Waals surface area contributed by atoms with E-state index in [-0.39, 0.29) is 23.3 Å². The summed E-state index contributed by atoms with van der Waals surface area (Å²) < 4.78 is 9.72. The van der Waals surface area contributed by atoms with Gasteiger partial charge in [0.25, 0.3) is 0 Å². The quantitative estimate of drug-likeness (QED) is 0.298. The first-order valence-corrected chi connectivity index (χ1v) is 6.65. The first kappa shape index (κ1) is 16.1. The molecule has 1 rings (SSSR count). The highest BCUT2D eigenvalue weighted by Crippen LogP contribution is 2.17. The molecule has 6 heteroatoms. The fourth-order valence-corrected chi connectivity index (χ4v) is 1.88. The molecule has 20 heavy (non-hydrogen) atoms. The second-order valence-corrected chi connectivity index (χ2v) is 4.44. The van der Waals surface area contributed by atoms with Crippen LogP contribution in [0.2, 0.25) is 0 Å². The molecule has 0 aliphatic carbocycles. The van der Waals surface area contributed by atoms with Crippen molar-refractivity contribution in [1.29, 1.82) is 0 Å². The van der Waals surface area contributed by atoms with Crippen molar-refractivity contribution in [2.24, 2.45) is 5.92 Å². The maximum atomic E-state index is 12.0. The molecule has 110 valence electrons. The van der Waals surface area contributed by atoms with Gasteiger partial charge in [0.1, 0.15) is 5.78 Å². The molecule has 0 aliphatic heterocycles. The van der Waals surface area contributed by atoms with Crippen molar-refractivity contribution in [3.05, 3.63) is 18.4 Å². The third-order valence-electron chi connectivity index (χ3n) is 2.91. The van der Waals surface area contributed by atoms with Crippen molar-refractivity contribution in [1.82, 2.24) is 4.98 Å². The second-order valence-electron chi connectivity index (χ2n) is 4.44. The Hall–Kier alpha value is -1.98. The number of esters is 1. The molecule has 0 N–H and O–H groups in total. The van der Waals surface area contributed by atoms with Crippen LogP contribution < -0.4 is 0 Å². The minimum Gasteiger partial charge on any atom is -0.466 e. The van der Waals surface area contributed by atoms with Crippen LogP contribution in [0.15, 0.2) is 17.0 Å². The fourth-order valence-electron chi connectivity index (χ4n) is 1.88. The number of carbonyl (C=O) groups excluding carboxylic acids is 3. The second kappa shape index (κ2) is 8.24. The topological polar surface area (TPSA) is 86.5 Å². The third-order valence-corrected chi connectivity index (χ3v) is 2.91. The van der Waals surface area contributed by atoms with E-state index in [4.69, 9.17) is 9.15 Å². The lowest BCUT2D eigenvalue weighted by molar-refractivity contribution is -0.143. The summed E-state index contributed by atoms with van der Waals surface area (Å²) in [6, 6.07) is 0. The zero-order valence-corrected chi connectivity index (χ0v) is 11.8. The maximum absolute atomic E-state index is 12.0. The number of nitrogens with zero attached hydrogens (tertiary/aromatic N) is 1. The summed E-state index contributed by atoms with van der Waals surface area (Å²) in [4.78, 5) is 38.4. The van der Waals surface area contributed by atoms with Crippen LogP contribution in [0.5, 0.6) is 0 Å². The van der Waals surface area contributed by atoms with Gasteiger partial charge in [-0.2, -0.15) is 0 Å². The molecular weight excluding hydrogens is 262 g/mol. The number of hydrogen-bond acceptors (Lipinski definition) is 6. The lowest BCUT2D eigenvalue weighted by atomic mass is 9.92. The van der Waals surface area contributed by atoms with Gasteiger partial charge < -0.3 is 9.15 Å². The van der Waals surface area contributed by atoms with Crippen molar-refractivity contribution in [3.63, 3.8) is 0 Å². The normalized spacial score (nSPS) is 11.9. The number of carbonyl (C=O) groups is 3. The van der Waals surface area contributed by atoms with E-state index < -0.39 is 5.92 Å². The van der Waals surface area contributed by atoms with E-state index in [1.165, 1.54) is 13.1 Å². The summed E-state index contributed by atoms with van der Waals surface area (Å²) in [5.74, 6) is -1.46. The van der Waals surface area contributed by atoms with Gasteiger partial charge in [-0.15, -0.1) is 0 Å². The maximum Gasteiger partial charge on any atom is 0.305 e. The summed E-state index contributed by atoms with van der Waals surface area (Å²) in [5.41, 5.74) is 0. The Bertz CT molecular complexity index is 452. The van der Waals surface area contributed by atoms with Gasteiger partial charge in [-0.05, 0) is 26.7 Å². The Morgan fingerprint density at radius 1 is 1.35 bits per heavy atom. The molecule has 6 nitrogen and oxygen atoms in total. The molecule has 1 heterocycles. The molecule has 0 bridgehead atoms. The first-order chi connectivity index (χ1) is 9.56. The number of aromatic nitrogens is 1. The highest BCUT2D eigenvalue weighted by molar-refractivity contribution is 6.08. The molecule has 1 atom stereocenters. The van der Waals surface area contributed by atoms with E-state index in [2.05, 4.69) is 4.98 Å². The van der Waals surface area contributed by atoms with Crippen LogP contribution in [-0.2, 0) is 14.3 Å². The molecule has 1 aromatic heterocycles. The summed E-state index contributed by atoms with van der Waals surface area (Å²) in [7, 11) is 0. The zero-order valence-electron chi connectivity index (χ0n) is 11.8. The molecule has 0 amide bonds. The van der Waals surface area contributed by atoms with Crippen LogP contribution in [0.25, 0.3) is 0 Å².